The predicted molar refractivity (Wildman–Crippen MR) is 91.3 cm³/mol. The maximum Gasteiger partial charge on any atom is 0.418 e. The lowest BCUT2D eigenvalue weighted by atomic mass is 9.94. The number of hydrogen-bond donors (Lipinski definition) is 1. The molecular weight excluding hydrogens is 399 g/mol. The molecule has 10 heteroatoms. The van der Waals surface area contributed by atoms with Gasteiger partial charge in [-0.3, -0.25) is 9.59 Å². The molecule has 0 aromatic heterocycles. The van der Waals surface area contributed by atoms with E-state index >= 15 is 0 Å². The van der Waals surface area contributed by atoms with Crippen LogP contribution < -0.4 is 0 Å². The van der Waals surface area contributed by atoms with Crippen LogP contribution in [0.5, 0.6) is 0 Å². The van der Waals surface area contributed by atoms with Crippen LogP contribution in [0.15, 0.2) is 53.4 Å². The lowest BCUT2D eigenvalue weighted by Crippen LogP contribution is -2.51. The van der Waals surface area contributed by atoms with Gasteiger partial charge in [0.2, 0.25) is 10.0 Å². The van der Waals surface area contributed by atoms with Gasteiger partial charge >= 0.3 is 6.18 Å². The number of hydrogen-bond acceptors (Lipinski definition) is 5. The second-order valence-corrected chi connectivity index (χ2v) is 8.18. The number of likely N-dealkylation sites (N-methyl/N-ethyl adjacent to an activating group) is 1. The molecule has 28 heavy (non-hydrogen) atoms. The number of ketones is 2. The van der Waals surface area contributed by atoms with Crippen LogP contribution in [0, 0.1) is 0 Å². The maximum absolute atomic E-state index is 12.9. The van der Waals surface area contributed by atoms with Crippen LogP contribution >= 0.6 is 0 Å². The Labute approximate surface area is 158 Å². The van der Waals surface area contributed by atoms with Crippen molar-refractivity contribution in [2.45, 2.75) is 23.2 Å². The first-order chi connectivity index (χ1) is 13.0. The van der Waals surface area contributed by atoms with Crippen molar-refractivity contribution in [2.75, 3.05) is 7.05 Å². The Morgan fingerprint density at radius 2 is 1.79 bits per heavy atom. The van der Waals surface area contributed by atoms with Crippen molar-refractivity contribution in [2.24, 2.45) is 0 Å². The standard InChI is InChI=1S/C18H14F3NO5S/c1-22-14(16(24)12-7-2-3-8-13(12)28(22,26)27)15(23)10-5-4-6-11(9-10)17(25)18(19,20)21/h2-9,14,17,25H,1H3. The lowest BCUT2D eigenvalue weighted by molar-refractivity contribution is -0.206. The van der Waals surface area contributed by atoms with E-state index in [1.807, 2.05) is 0 Å². The van der Waals surface area contributed by atoms with Gasteiger partial charge in [0, 0.05) is 18.2 Å². The summed E-state index contributed by atoms with van der Waals surface area (Å²) in [6.07, 6.45) is -7.76. The van der Waals surface area contributed by atoms with E-state index in [9.17, 15) is 36.3 Å². The number of fused-ring (bicyclic) bond motifs is 1. The summed E-state index contributed by atoms with van der Waals surface area (Å²) in [5.41, 5.74) is -1.07. The van der Waals surface area contributed by atoms with E-state index < -0.39 is 45.5 Å². The number of carbonyl (C=O) groups excluding carboxylic acids is 2. The van der Waals surface area contributed by atoms with Crippen molar-refractivity contribution in [1.29, 1.82) is 0 Å². The molecular formula is C18H14F3NO5S. The molecule has 0 fully saturated rings. The fraction of sp³-hybridized carbons (Fsp3) is 0.222. The van der Waals surface area contributed by atoms with E-state index in [4.69, 9.17) is 0 Å². The fourth-order valence-corrected chi connectivity index (χ4v) is 4.47. The molecule has 148 valence electrons. The zero-order valence-corrected chi connectivity index (χ0v) is 15.2. The molecule has 0 aliphatic carbocycles. The highest BCUT2D eigenvalue weighted by atomic mass is 32.2. The largest absolute Gasteiger partial charge is 0.418 e. The van der Waals surface area contributed by atoms with E-state index in [-0.39, 0.29) is 16.0 Å². The van der Waals surface area contributed by atoms with Gasteiger partial charge in [-0.2, -0.15) is 17.5 Å². The maximum atomic E-state index is 12.9. The highest BCUT2D eigenvalue weighted by molar-refractivity contribution is 7.89. The number of carbonyl (C=O) groups is 2. The Balaban J connectivity index is 2.05. The number of aliphatic hydroxyl groups excluding tert-OH is 1. The number of sulfonamides is 1. The van der Waals surface area contributed by atoms with Crippen molar-refractivity contribution < 1.29 is 36.3 Å². The molecule has 0 saturated heterocycles. The smallest absolute Gasteiger partial charge is 0.379 e. The van der Waals surface area contributed by atoms with Gasteiger partial charge in [-0.05, 0) is 23.8 Å². The van der Waals surface area contributed by atoms with E-state index in [0.717, 1.165) is 31.3 Å². The summed E-state index contributed by atoms with van der Waals surface area (Å²) in [7, 11) is -3.09. The van der Waals surface area contributed by atoms with Crippen molar-refractivity contribution in [1.82, 2.24) is 4.31 Å². The number of nitrogens with zero attached hydrogens (tertiary/aromatic N) is 1. The molecule has 0 saturated carbocycles. The number of alkyl halides is 3. The molecule has 1 aliphatic heterocycles. The Hall–Kier alpha value is -2.56. The normalized spacial score (nSPS) is 20.5. The first kappa shape index (κ1) is 20.2. The summed E-state index contributed by atoms with van der Waals surface area (Å²) in [6, 6.07) is 7.68. The molecule has 6 nitrogen and oxygen atoms in total. The van der Waals surface area contributed by atoms with Crippen molar-refractivity contribution in [3.05, 3.63) is 65.2 Å². The lowest BCUT2D eigenvalue weighted by Gasteiger charge is -2.31. The van der Waals surface area contributed by atoms with Crippen molar-refractivity contribution in [3.8, 4) is 0 Å². The third-order valence-corrected chi connectivity index (χ3v) is 6.35. The van der Waals surface area contributed by atoms with E-state index in [1.54, 1.807) is 0 Å². The topological polar surface area (TPSA) is 91.8 Å². The number of aliphatic hydroxyl groups is 1. The second-order valence-electron chi connectivity index (χ2n) is 6.22. The molecule has 3 rings (SSSR count). The molecule has 0 amide bonds. The predicted octanol–water partition coefficient (Wildman–Crippen LogP) is 2.35. The molecule has 0 bridgehead atoms. The van der Waals surface area contributed by atoms with Crippen LogP contribution in [0.1, 0.15) is 32.4 Å². The van der Waals surface area contributed by atoms with Gasteiger partial charge in [0.05, 0.1) is 4.90 Å². The van der Waals surface area contributed by atoms with Gasteiger partial charge in [-0.15, -0.1) is 0 Å². The summed E-state index contributed by atoms with van der Waals surface area (Å²) >= 11 is 0. The summed E-state index contributed by atoms with van der Waals surface area (Å²) < 4.78 is 64.1. The zero-order chi connectivity index (χ0) is 20.9. The van der Waals surface area contributed by atoms with Gasteiger partial charge in [0.15, 0.2) is 23.7 Å². The average Bonchev–Trinajstić information content (AvgIpc) is 2.65. The van der Waals surface area contributed by atoms with Crippen LogP contribution in [-0.4, -0.2) is 48.7 Å². The molecule has 1 aliphatic rings. The van der Waals surface area contributed by atoms with E-state index in [2.05, 4.69) is 0 Å². The molecule has 2 unspecified atom stereocenters. The van der Waals surface area contributed by atoms with Crippen LogP contribution in [0.3, 0.4) is 0 Å². The summed E-state index contributed by atoms with van der Waals surface area (Å²) in [4.78, 5) is 25.4. The zero-order valence-electron chi connectivity index (χ0n) is 14.3. The van der Waals surface area contributed by atoms with Crippen molar-refractivity contribution in [3.63, 3.8) is 0 Å². The Bertz CT molecular complexity index is 1060. The average molecular weight is 413 g/mol. The minimum Gasteiger partial charge on any atom is -0.379 e. The molecule has 1 heterocycles. The highest BCUT2D eigenvalue weighted by Gasteiger charge is 2.45. The van der Waals surface area contributed by atoms with Crippen LogP contribution in [0.2, 0.25) is 0 Å². The third kappa shape index (κ3) is 3.23. The first-order valence-corrected chi connectivity index (χ1v) is 9.40. The molecule has 2 aromatic rings. The number of benzene rings is 2. The molecule has 2 atom stereocenters. The molecule has 1 N–H and O–H groups in total. The summed E-state index contributed by atoms with van der Waals surface area (Å²) in [5.74, 6) is -1.76. The van der Waals surface area contributed by atoms with Gasteiger partial charge in [-0.25, -0.2) is 8.42 Å². The summed E-state index contributed by atoms with van der Waals surface area (Å²) in [6.45, 7) is 0. The minimum absolute atomic E-state index is 0.162. The van der Waals surface area contributed by atoms with E-state index in [1.165, 1.54) is 24.3 Å². The van der Waals surface area contributed by atoms with Gasteiger partial charge in [0.1, 0.15) is 0 Å². The first-order valence-electron chi connectivity index (χ1n) is 7.96. The number of halogens is 3. The Morgan fingerprint density at radius 1 is 1.14 bits per heavy atom. The Kier molecular flexibility index (Phi) is 4.90. The fourth-order valence-electron chi connectivity index (χ4n) is 2.99. The third-order valence-electron chi connectivity index (χ3n) is 4.47. The van der Waals surface area contributed by atoms with Gasteiger partial charge in [0.25, 0.3) is 0 Å². The minimum atomic E-state index is -4.94. The van der Waals surface area contributed by atoms with Crippen LogP contribution in [0.25, 0.3) is 0 Å². The molecule has 0 spiro atoms. The number of rotatable bonds is 3. The second kappa shape index (κ2) is 6.80. The molecule has 0 radical (unpaired) electrons. The van der Waals surface area contributed by atoms with Crippen LogP contribution in [-0.2, 0) is 10.0 Å². The summed E-state index contributed by atoms with van der Waals surface area (Å²) in [5, 5.41) is 9.38. The van der Waals surface area contributed by atoms with Crippen molar-refractivity contribution >= 4 is 21.6 Å². The highest BCUT2D eigenvalue weighted by Crippen LogP contribution is 2.34. The van der Waals surface area contributed by atoms with Gasteiger partial charge < -0.3 is 5.11 Å². The van der Waals surface area contributed by atoms with E-state index in [0.29, 0.717) is 4.31 Å². The molecule has 2 aromatic carbocycles. The number of Topliss-reactive ketones (excluding diaryl/α,β-unsaturated/α-hetero) is 2. The monoisotopic (exact) mass is 413 g/mol. The van der Waals surface area contributed by atoms with Gasteiger partial charge in [-0.1, -0.05) is 30.3 Å². The SMILES string of the molecule is CN1C(C(=O)c2cccc(C(O)C(F)(F)F)c2)C(=O)c2ccccc2S1(=O)=O. The quantitative estimate of drug-likeness (QED) is 0.616. The Morgan fingerprint density at radius 3 is 2.43 bits per heavy atom. The van der Waals surface area contributed by atoms with Crippen LogP contribution in [0.4, 0.5) is 13.2 Å².